The Hall–Kier alpha value is -8.86. The smallest absolute Gasteiger partial charge is 0.268 e. The summed E-state index contributed by atoms with van der Waals surface area (Å²) in [6, 6.07) is 50.4. The number of benzene rings is 8. The van der Waals surface area contributed by atoms with Gasteiger partial charge in [0, 0.05) is 56.9 Å². The first kappa shape index (κ1) is 68.5. The molecular formula is C71H58BrClF5N3O9S3. The van der Waals surface area contributed by atoms with Gasteiger partial charge >= 0.3 is 0 Å². The SMILES string of the molecule is BrCC1CC1.Fc1ccc2c(c1)C=CC2.O=CC1=Cc2cc(F)ccc2C1.O=Cc1cc2cc(F)ccc2n1CC1CC1.O=Cc1cc2cc(F)ccc2n1S(=O)(=O)c1ccccc1.O=S(=O)(Cl)c1ccccc1.O=S(=O)(c1ccccc1)n1ccc2cc(F)ccc21. The summed E-state index contributed by atoms with van der Waals surface area (Å²) in [7, 11) is -6.06. The molecule has 0 atom stereocenters. The molecule has 4 aliphatic rings. The number of nitrogens with zero attached hydrogens (tertiary/aromatic N) is 3. The van der Waals surface area contributed by atoms with Gasteiger partial charge in [-0.2, -0.15) is 0 Å². The average molecular weight is 1400 g/mol. The van der Waals surface area contributed by atoms with Crippen molar-refractivity contribution in [1.82, 2.24) is 12.5 Å². The summed E-state index contributed by atoms with van der Waals surface area (Å²) in [5.74, 6) is 0.210. The lowest BCUT2D eigenvalue weighted by atomic mass is 10.1. The van der Waals surface area contributed by atoms with E-state index in [1.807, 2.05) is 22.8 Å². The van der Waals surface area contributed by atoms with Gasteiger partial charge in [0.25, 0.3) is 29.1 Å². The van der Waals surface area contributed by atoms with Crippen molar-refractivity contribution in [1.29, 1.82) is 0 Å². The molecule has 0 spiro atoms. The summed E-state index contributed by atoms with van der Waals surface area (Å²) in [6.45, 7) is 0.878. The topological polar surface area (TPSA) is 168 Å². The molecule has 3 aromatic heterocycles. The number of carbonyl (C=O) groups excluding carboxylic acids is 3. The van der Waals surface area contributed by atoms with E-state index in [2.05, 4.69) is 15.9 Å². The summed E-state index contributed by atoms with van der Waals surface area (Å²) >= 11 is 3.38. The van der Waals surface area contributed by atoms with Gasteiger partial charge < -0.3 is 4.57 Å². The van der Waals surface area contributed by atoms with Gasteiger partial charge in [0.1, 0.15) is 35.4 Å². The second-order valence-corrected chi connectivity index (χ2v) is 28.5. The zero-order valence-corrected chi connectivity index (χ0v) is 54.1. The van der Waals surface area contributed by atoms with Crippen molar-refractivity contribution in [2.24, 2.45) is 11.8 Å². The Kier molecular flexibility index (Phi) is 22.6. The molecule has 12 nitrogen and oxygen atoms in total. The molecule has 0 aliphatic heterocycles. The molecule has 22 heteroatoms. The highest BCUT2D eigenvalue weighted by Crippen LogP contribution is 2.34. The Morgan fingerprint density at radius 3 is 1.46 bits per heavy atom. The van der Waals surface area contributed by atoms with E-state index < -0.39 is 34.9 Å². The van der Waals surface area contributed by atoms with Crippen LogP contribution in [0.3, 0.4) is 0 Å². The normalized spacial score (nSPS) is 13.5. The molecule has 3 heterocycles. The molecule has 0 bridgehead atoms. The highest BCUT2D eigenvalue weighted by Gasteiger charge is 2.25. The second-order valence-electron chi connectivity index (χ2n) is 21.7. The van der Waals surface area contributed by atoms with Gasteiger partial charge in [-0.15, -0.1) is 0 Å². The number of aldehydes is 3. The standard InChI is InChI=1S/C15H10FNO3S.C14H10FNO2S.C13H12FNO.C10H7FO.C9H7F.C6H5ClO2S.C4H7Br/c16-12-6-7-15-11(8-12)9-13(10-18)17(15)21(19,20)14-4-2-1-3-5-14;15-12-6-7-14-11(10-12)8-9-16(14)19(17,18)13-4-2-1-3-5-13;14-11-3-4-13-10(5-11)6-12(8-16)15(13)7-9-1-2-9;11-10-2-1-8-3-7(6-12)4-9(8)5-10;10-9-5-4-7-2-1-3-8(7)6-9;7-10(8,9)6-4-2-1-3-5-6;5-3-4-1-2-4/h1-10H;1-10H;3-6,8-9H,1-2,7H2;1-2,4-6H,3H2;1,3-6H,2H2;1-5H;4H,1-3H2. The first-order chi connectivity index (χ1) is 44.6. The van der Waals surface area contributed by atoms with Crippen LogP contribution in [0.1, 0.15) is 68.9 Å². The zero-order chi connectivity index (χ0) is 66.5. The molecule has 478 valence electrons. The molecule has 0 amide bonds. The minimum atomic E-state index is -3.91. The van der Waals surface area contributed by atoms with E-state index in [-0.39, 0.29) is 49.2 Å². The van der Waals surface area contributed by atoms with E-state index in [1.165, 1.54) is 146 Å². The lowest BCUT2D eigenvalue weighted by molar-refractivity contribution is -0.104. The van der Waals surface area contributed by atoms with Crippen LogP contribution >= 0.6 is 26.6 Å². The molecule has 2 saturated carbocycles. The third kappa shape index (κ3) is 17.8. The number of carbonyl (C=O) groups is 3. The van der Waals surface area contributed by atoms with Crippen molar-refractivity contribution in [3.8, 4) is 0 Å². The highest BCUT2D eigenvalue weighted by atomic mass is 79.9. The van der Waals surface area contributed by atoms with E-state index >= 15 is 0 Å². The second kappa shape index (κ2) is 30.7. The Balaban J connectivity index is 0.000000132. The Labute approximate surface area is 547 Å². The number of fused-ring (bicyclic) bond motifs is 5. The number of hydrogen-bond donors (Lipinski definition) is 0. The van der Waals surface area contributed by atoms with Crippen LogP contribution in [-0.4, -0.2) is 62.0 Å². The predicted molar refractivity (Wildman–Crippen MR) is 357 cm³/mol. The van der Waals surface area contributed by atoms with Crippen molar-refractivity contribution in [2.45, 2.75) is 59.8 Å². The summed E-state index contributed by atoms with van der Waals surface area (Å²) in [6.07, 6.45) is 16.3. The van der Waals surface area contributed by atoms with Crippen molar-refractivity contribution < 1.29 is 61.6 Å². The summed E-state index contributed by atoms with van der Waals surface area (Å²) in [5, 5.41) is 2.95. The first-order valence-electron chi connectivity index (χ1n) is 28.9. The summed E-state index contributed by atoms with van der Waals surface area (Å²) < 4.78 is 140. The zero-order valence-electron chi connectivity index (χ0n) is 49.3. The molecule has 93 heavy (non-hydrogen) atoms. The molecule has 0 unspecified atom stereocenters. The van der Waals surface area contributed by atoms with Gasteiger partial charge in [0.15, 0.2) is 12.6 Å². The van der Waals surface area contributed by atoms with Crippen LogP contribution in [0.25, 0.3) is 44.9 Å². The Morgan fingerprint density at radius 2 is 0.946 bits per heavy atom. The van der Waals surface area contributed by atoms with Crippen LogP contribution in [0.2, 0.25) is 0 Å². The maximum atomic E-state index is 13.3. The van der Waals surface area contributed by atoms with Gasteiger partial charge in [0.2, 0.25) is 0 Å². The average Bonchev–Trinajstić information content (AvgIpc) is 1.69. The Bertz CT molecular complexity index is 4920. The molecule has 0 N–H and O–H groups in total. The molecule has 4 aliphatic carbocycles. The quantitative estimate of drug-likeness (QED) is 0.0529. The van der Waals surface area contributed by atoms with Gasteiger partial charge in [0.05, 0.1) is 37.1 Å². The molecule has 0 radical (unpaired) electrons. The van der Waals surface area contributed by atoms with Crippen molar-refractivity contribution in [2.75, 3.05) is 5.33 Å². The third-order valence-electron chi connectivity index (χ3n) is 14.9. The minimum absolute atomic E-state index is 0.0422. The predicted octanol–water partition coefficient (Wildman–Crippen LogP) is 16.6. The highest BCUT2D eigenvalue weighted by molar-refractivity contribution is 9.09. The molecule has 2 fully saturated rings. The lowest BCUT2D eigenvalue weighted by Gasteiger charge is -2.09. The van der Waals surface area contributed by atoms with Gasteiger partial charge in [-0.05, 0) is 211 Å². The van der Waals surface area contributed by atoms with Gasteiger partial charge in [-0.25, -0.2) is 55.2 Å². The number of halogens is 7. The molecule has 8 aromatic carbocycles. The van der Waals surface area contributed by atoms with E-state index in [4.69, 9.17) is 10.7 Å². The van der Waals surface area contributed by atoms with E-state index in [1.54, 1.807) is 91.0 Å². The largest absolute Gasteiger partial charge is 0.338 e. The molecule has 15 rings (SSSR count). The van der Waals surface area contributed by atoms with Crippen LogP contribution in [0.5, 0.6) is 0 Å². The van der Waals surface area contributed by atoms with E-state index in [0.717, 1.165) is 78.6 Å². The number of allylic oxidation sites excluding steroid dienone is 2. The monoisotopic (exact) mass is 1400 g/mol. The van der Waals surface area contributed by atoms with Gasteiger partial charge in [-0.1, -0.05) is 94.8 Å². The van der Waals surface area contributed by atoms with Crippen molar-refractivity contribution in [3.63, 3.8) is 0 Å². The van der Waals surface area contributed by atoms with Crippen molar-refractivity contribution in [3.05, 3.63) is 281 Å². The minimum Gasteiger partial charge on any atom is -0.338 e. The first-order valence-corrected chi connectivity index (χ1v) is 35.2. The van der Waals surface area contributed by atoms with Crippen LogP contribution in [0.15, 0.2) is 233 Å². The molecular weight excluding hydrogens is 1350 g/mol. The molecule has 0 saturated heterocycles. The van der Waals surface area contributed by atoms with Crippen molar-refractivity contribution >= 4 is 119 Å². The fourth-order valence-electron chi connectivity index (χ4n) is 9.84. The van der Waals surface area contributed by atoms with E-state index in [0.29, 0.717) is 40.6 Å². The lowest BCUT2D eigenvalue weighted by Crippen LogP contribution is -2.15. The number of alkyl halides is 1. The fourth-order valence-corrected chi connectivity index (χ4v) is 14.2. The van der Waals surface area contributed by atoms with Crippen LogP contribution in [-0.2, 0) is 53.3 Å². The summed E-state index contributed by atoms with van der Waals surface area (Å²) in [4.78, 5) is 33.0. The number of hydrogen-bond acceptors (Lipinski definition) is 9. The summed E-state index contributed by atoms with van der Waals surface area (Å²) in [5.41, 5.74) is 7.11. The van der Waals surface area contributed by atoms with Crippen LogP contribution in [0, 0.1) is 40.9 Å². The molecule has 11 aromatic rings. The number of rotatable bonds is 11. The number of aromatic nitrogens is 3. The van der Waals surface area contributed by atoms with E-state index in [9.17, 15) is 61.6 Å². The Morgan fingerprint density at radius 1 is 0.473 bits per heavy atom. The van der Waals surface area contributed by atoms with Crippen LogP contribution < -0.4 is 0 Å². The fraction of sp³-hybridized carbons (Fsp3) is 0.141. The third-order valence-corrected chi connectivity index (χ3v) is 20.6. The van der Waals surface area contributed by atoms with Crippen LogP contribution in [0.4, 0.5) is 22.0 Å². The maximum absolute atomic E-state index is 13.3. The maximum Gasteiger partial charge on any atom is 0.268 e. The van der Waals surface area contributed by atoms with Gasteiger partial charge in [-0.3, -0.25) is 14.4 Å².